The van der Waals surface area contributed by atoms with Crippen molar-refractivity contribution in [2.75, 3.05) is 5.32 Å². The minimum Gasteiger partial charge on any atom is -0.338 e. The molecule has 5 rings (SSSR count). The van der Waals surface area contributed by atoms with E-state index >= 15 is 0 Å². The van der Waals surface area contributed by atoms with Crippen LogP contribution in [-0.2, 0) is 5.41 Å². The van der Waals surface area contributed by atoms with Gasteiger partial charge in [-0.1, -0.05) is 36.7 Å². The summed E-state index contributed by atoms with van der Waals surface area (Å²) in [5.41, 5.74) is 3.67. The molecule has 1 saturated carbocycles. The minimum absolute atomic E-state index is 0.00391. The van der Waals surface area contributed by atoms with Gasteiger partial charge in [-0.25, -0.2) is 4.98 Å². The van der Waals surface area contributed by atoms with Gasteiger partial charge in [0.25, 0.3) is 5.91 Å². The number of carbonyl (C=O) groups excluding carboxylic acids is 1. The van der Waals surface area contributed by atoms with E-state index in [0.29, 0.717) is 23.1 Å². The molecule has 1 amide bonds. The van der Waals surface area contributed by atoms with Gasteiger partial charge >= 0.3 is 0 Å². The van der Waals surface area contributed by atoms with E-state index in [9.17, 15) is 4.79 Å². The molecule has 1 aliphatic rings. The van der Waals surface area contributed by atoms with Crippen molar-refractivity contribution in [1.29, 1.82) is 0 Å². The van der Waals surface area contributed by atoms with Gasteiger partial charge in [0.1, 0.15) is 11.3 Å². The lowest BCUT2D eigenvalue weighted by atomic mass is 9.70. The molecule has 1 aromatic carbocycles. The van der Waals surface area contributed by atoms with Crippen molar-refractivity contribution in [3.8, 4) is 11.4 Å². The summed E-state index contributed by atoms with van der Waals surface area (Å²) in [6, 6.07) is 11.4. The predicted octanol–water partition coefficient (Wildman–Crippen LogP) is 4.39. The van der Waals surface area contributed by atoms with Crippen LogP contribution in [0.5, 0.6) is 0 Å². The Balaban J connectivity index is 1.43. The van der Waals surface area contributed by atoms with Crippen LogP contribution in [-0.4, -0.2) is 25.4 Å². The average molecular weight is 387 g/mol. The van der Waals surface area contributed by atoms with Crippen molar-refractivity contribution in [3.05, 3.63) is 65.9 Å². The first-order chi connectivity index (χ1) is 14.0. The fraction of sp³-hybridized carbons (Fsp3) is 0.273. The van der Waals surface area contributed by atoms with Gasteiger partial charge < -0.3 is 9.84 Å². The number of anilines is 1. The highest BCUT2D eigenvalue weighted by Gasteiger charge is 2.39. The monoisotopic (exact) mass is 387 g/mol. The lowest BCUT2D eigenvalue weighted by Crippen LogP contribution is -2.30. The third-order valence-electron chi connectivity index (χ3n) is 5.79. The van der Waals surface area contributed by atoms with Crippen LogP contribution in [0.4, 0.5) is 5.69 Å². The minimum atomic E-state index is -0.222. The van der Waals surface area contributed by atoms with Gasteiger partial charge in [0.15, 0.2) is 0 Å². The van der Waals surface area contributed by atoms with E-state index in [1.165, 1.54) is 6.42 Å². The average Bonchev–Trinajstić information content (AvgIpc) is 3.35. The molecule has 7 nitrogen and oxygen atoms in total. The van der Waals surface area contributed by atoms with Gasteiger partial charge in [-0.2, -0.15) is 4.98 Å². The molecular formula is C22H21N5O2. The van der Waals surface area contributed by atoms with Gasteiger partial charge in [-0.3, -0.25) is 9.20 Å². The SMILES string of the molecule is Cc1ccc(-c2noc(C3(C)CCC3)n2)cc1NC(=O)c1cnc2ccccn12. The Kier molecular flexibility index (Phi) is 3.97. The first-order valence-corrected chi connectivity index (χ1v) is 9.72. The van der Waals surface area contributed by atoms with Gasteiger partial charge in [-0.15, -0.1) is 0 Å². The lowest BCUT2D eigenvalue weighted by molar-refractivity contribution is 0.102. The van der Waals surface area contributed by atoms with Crippen LogP contribution in [0.25, 0.3) is 17.0 Å². The van der Waals surface area contributed by atoms with Gasteiger partial charge in [0, 0.05) is 22.9 Å². The predicted molar refractivity (Wildman–Crippen MR) is 109 cm³/mol. The summed E-state index contributed by atoms with van der Waals surface area (Å²) in [6.45, 7) is 4.11. The van der Waals surface area contributed by atoms with Crippen molar-refractivity contribution in [1.82, 2.24) is 19.5 Å². The third-order valence-corrected chi connectivity index (χ3v) is 5.79. The highest BCUT2D eigenvalue weighted by molar-refractivity contribution is 6.04. The molecule has 1 aliphatic carbocycles. The van der Waals surface area contributed by atoms with Crippen molar-refractivity contribution >= 4 is 17.2 Å². The molecule has 4 aromatic rings. The fourth-order valence-corrected chi connectivity index (χ4v) is 3.69. The van der Waals surface area contributed by atoms with Crippen LogP contribution < -0.4 is 5.32 Å². The normalized spacial score (nSPS) is 15.2. The number of aromatic nitrogens is 4. The Hall–Kier alpha value is -3.48. The molecule has 0 radical (unpaired) electrons. The summed E-state index contributed by atoms with van der Waals surface area (Å²) < 4.78 is 7.29. The molecular weight excluding hydrogens is 366 g/mol. The van der Waals surface area contributed by atoms with E-state index in [0.717, 1.165) is 29.6 Å². The van der Waals surface area contributed by atoms with Gasteiger partial charge in [0.2, 0.25) is 11.7 Å². The van der Waals surface area contributed by atoms with Crippen molar-refractivity contribution < 1.29 is 9.32 Å². The van der Waals surface area contributed by atoms with Crippen LogP contribution >= 0.6 is 0 Å². The molecule has 29 heavy (non-hydrogen) atoms. The molecule has 1 N–H and O–H groups in total. The number of aryl methyl sites for hydroxylation is 1. The number of nitrogens with one attached hydrogen (secondary N) is 1. The Labute approximate surface area is 167 Å². The number of rotatable bonds is 4. The van der Waals surface area contributed by atoms with E-state index in [4.69, 9.17) is 4.52 Å². The Morgan fingerprint density at radius 1 is 1.24 bits per heavy atom. The molecule has 146 valence electrons. The van der Waals surface area contributed by atoms with E-state index in [1.807, 2.05) is 49.5 Å². The standard InChI is InChI=1S/C22H21N5O2/c1-14-7-8-15(19-25-21(29-26-19)22(2)9-5-10-22)12-16(14)24-20(28)17-13-23-18-6-3-4-11-27(17)18/h3-4,6-8,11-13H,5,9-10H2,1-2H3,(H,24,28). The largest absolute Gasteiger partial charge is 0.338 e. The second-order valence-electron chi connectivity index (χ2n) is 7.89. The number of hydrogen-bond acceptors (Lipinski definition) is 5. The zero-order chi connectivity index (χ0) is 20.0. The first kappa shape index (κ1) is 17.6. The fourth-order valence-electron chi connectivity index (χ4n) is 3.69. The number of carbonyl (C=O) groups is 1. The molecule has 3 aromatic heterocycles. The summed E-state index contributed by atoms with van der Waals surface area (Å²) in [5.74, 6) is 1.01. The zero-order valence-corrected chi connectivity index (χ0v) is 16.3. The molecule has 7 heteroatoms. The summed E-state index contributed by atoms with van der Waals surface area (Å²) in [7, 11) is 0. The summed E-state index contributed by atoms with van der Waals surface area (Å²) in [6.07, 6.45) is 6.74. The highest BCUT2D eigenvalue weighted by Crippen LogP contribution is 2.42. The summed E-state index contributed by atoms with van der Waals surface area (Å²) in [4.78, 5) is 21.7. The Morgan fingerprint density at radius 2 is 2.10 bits per heavy atom. The number of hydrogen-bond donors (Lipinski definition) is 1. The maximum Gasteiger partial charge on any atom is 0.274 e. The van der Waals surface area contributed by atoms with Crippen LogP contribution in [0, 0.1) is 6.92 Å². The maximum atomic E-state index is 12.8. The maximum absolute atomic E-state index is 12.8. The number of nitrogens with zero attached hydrogens (tertiary/aromatic N) is 4. The lowest BCUT2D eigenvalue weighted by Gasteiger charge is -2.34. The number of imidazole rings is 1. The van der Waals surface area contributed by atoms with E-state index in [2.05, 4.69) is 27.4 Å². The number of pyridine rings is 1. The van der Waals surface area contributed by atoms with E-state index in [1.54, 1.807) is 10.6 Å². The van der Waals surface area contributed by atoms with Crippen molar-refractivity contribution in [2.24, 2.45) is 0 Å². The van der Waals surface area contributed by atoms with Crippen molar-refractivity contribution in [2.45, 2.75) is 38.5 Å². The number of fused-ring (bicyclic) bond motifs is 1. The molecule has 0 unspecified atom stereocenters. The Bertz CT molecular complexity index is 1220. The van der Waals surface area contributed by atoms with E-state index < -0.39 is 0 Å². The molecule has 0 atom stereocenters. The molecule has 0 saturated heterocycles. The second kappa shape index (κ2) is 6.55. The van der Waals surface area contributed by atoms with Crippen LogP contribution in [0.3, 0.4) is 0 Å². The summed E-state index contributed by atoms with van der Waals surface area (Å²) in [5, 5.41) is 7.15. The smallest absolute Gasteiger partial charge is 0.274 e. The third kappa shape index (κ3) is 2.99. The van der Waals surface area contributed by atoms with Gasteiger partial charge in [-0.05, 0) is 43.5 Å². The van der Waals surface area contributed by atoms with Crippen molar-refractivity contribution in [3.63, 3.8) is 0 Å². The zero-order valence-electron chi connectivity index (χ0n) is 16.3. The number of amides is 1. The van der Waals surface area contributed by atoms with Gasteiger partial charge in [0.05, 0.1) is 6.20 Å². The summed E-state index contributed by atoms with van der Waals surface area (Å²) >= 11 is 0. The quantitative estimate of drug-likeness (QED) is 0.561. The molecule has 0 spiro atoms. The van der Waals surface area contributed by atoms with Crippen LogP contribution in [0.2, 0.25) is 0 Å². The van der Waals surface area contributed by atoms with E-state index in [-0.39, 0.29) is 11.3 Å². The molecule has 3 heterocycles. The molecule has 0 aliphatic heterocycles. The highest BCUT2D eigenvalue weighted by atomic mass is 16.5. The number of benzene rings is 1. The first-order valence-electron chi connectivity index (χ1n) is 9.72. The van der Waals surface area contributed by atoms with Crippen LogP contribution in [0.15, 0.2) is 53.3 Å². The topological polar surface area (TPSA) is 85.3 Å². The van der Waals surface area contributed by atoms with Crippen LogP contribution in [0.1, 0.15) is 48.1 Å². The molecule has 1 fully saturated rings. The Morgan fingerprint density at radius 3 is 2.90 bits per heavy atom. The second-order valence-corrected chi connectivity index (χ2v) is 7.89. The molecule has 0 bridgehead atoms.